The third-order valence-corrected chi connectivity index (χ3v) is 4.78. The van der Waals surface area contributed by atoms with Crippen LogP contribution in [0.3, 0.4) is 0 Å². The van der Waals surface area contributed by atoms with Crippen LogP contribution in [0.1, 0.15) is 54.4 Å². The number of aryl methyl sites for hydroxylation is 1. The smallest absolute Gasteiger partial charge is 0.253 e. The number of likely N-dealkylation sites (tertiary alicyclic amines) is 1. The van der Waals surface area contributed by atoms with E-state index in [0.717, 1.165) is 43.7 Å². The topological polar surface area (TPSA) is 38.1 Å². The molecule has 0 saturated carbocycles. The molecule has 128 valence electrons. The van der Waals surface area contributed by atoms with Gasteiger partial charge in [-0.15, -0.1) is 0 Å². The number of rotatable bonds is 4. The Kier molecular flexibility index (Phi) is 5.03. The Hall–Kier alpha value is -2.10. The summed E-state index contributed by atoms with van der Waals surface area (Å²) < 4.78 is 2.07. The first kappa shape index (κ1) is 16.7. The fourth-order valence-electron chi connectivity index (χ4n) is 3.58. The van der Waals surface area contributed by atoms with Gasteiger partial charge in [-0.05, 0) is 42.9 Å². The Morgan fingerprint density at radius 2 is 2.04 bits per heavy atom. The molecule has 0 unspecified atom stereocenters. The van der Waals surface area contributed by atoms with Crippen LogP contribution in [0.25, 0.3) is 0 Å². The van der Waals surface area contributed by atoms with Crippen molar-refractivity contribution in [2.75, 3.05) is 13.1 Å². The number of amides is 1. The standard InChI is InChI=1S/C20H27N3O/c1-15(2)13-16-6-8-17(9-7-16)20(24)23-11-4-5-18(14-23)19-21-10-12-22(19)3/h6-10,12,15,18H,4-5,11,13-14H2,1-3H3/t18-/m1/s1. The molecule has 0 bridgehead atoms. The summed E-state index contributed by atoms with van der Waals surface area (Å²) in [6.45, 7) is 6.03. The molecular formula is C20H27N3O. The molecule has 2 heterocycles. The molecule has 1 aliphatic rings. The SMILES string of the molecule is CC(C)Cc1ccc(C(=O)N2CCC[C@@H](c3nccn3C)C2)cc1. The quantitative estimate of drug-likeness (QED) is 0.861. The average molecular weight is 325 g/mol. The van der Waals surface area contributed by atoms with Crippen molar-refractivity contribution < 1.29 is 4.79 Å². The molecule has 1 aromatic heterocycles. The van der Waals surface area contributed by atoms with Crippen LogP contribution in [0.2, 0.25) is 0 Å². The van der Waals surface area contributed by atoms with E-state index in [-0.39, 0.29) is 5.91 Å². The molecule has 3 rings (SSSR count). The van der Waals surface area contributed by atoms with Crippen molar-refractivity contribution in [1.29, 1.82) is 0 Å². The fourth-order valence-corrected chi connectivity index (χ4v) is 3.58. The highest BCUT2D eigenvalue weighted by molar-refractivity contribution is 5.94. The lowest BCUT2D eigenvalue weighted by molar-refractivity contribution is 0.0703. The van der Waals surface area contributed by atoms with Gasteiger partial charge < -0.3 is 9.47 Å². The van der Waals surface area contributed by atoms with Crippen LogP contribution in [0.5, 0.6) is 0 Å². The van der Waals surface area contributed by atoms with Gasteiger partial charge in [-0.2, -0.15) is 0 Å². The van der Waals surface area contributed by atoms with Crippen molar-refractivity contribution in [2.45, 2.75) is 39.0 Å². The summed E-state index contributed by atoms with van der Waals surface area (Å²) >= 11 is 0. The zero-order valence-corrected chi connectivity index (χ0v) is 14.9. The lowest BCUT2D eigenvalue weighted by atomic mass is 9.96. The highest BCUT2D eigenvalue weighted by Crippen LogP contribution is 2.26. The third kappa shape index (κ3) is 3.69. The van der Waals surface area contributed by atoms with Crippen LogP contribution in [0, 0.1) is 5.92 Å². The molecule has 1 atom stereocenters. The van der Waals surface area contributed by atoms with Crippen LogP contribution in [0.4, 0.5) is 0 Å². The summed E-state index contributed by atoms with van der Waals surface area (Å²) in [4.78, 5) is 19.3. The Bertz CT molecular complexity index is 687. The largest absolute Gasteiger partial charge is 0.338 e. The van der Waals surface area contributed by atoms with Crippen LogP contribution >= 0.6 is 0 Å². The minimum Gasteiger partial charge on any atom is -0.338 e. The number of piperidine rings is 1. The molecule has 0 spiro atoms. The van der Waals surface area contributed by atoms with Gasteiger partial charge in [-0.3, -0.25) is 4.79 Å². The Labute approximate surface area is 144 Å². The number of hydrogen-bond donors (Lipinski definition) is 0. The highest BCUT2D eigenvalue weighted by atomic mass is 16.2. The predicted molar refractivity (Wildman–Crippen MR) is 96.1 cm³/mol. The second-order valence-corrected chi connectivity index (χ2v) is 7.28. The van der Waals surface area contributed by atoms with Gasteiger partial charge in [-0.25, -0.2) is 4.98 Å². The molecule has 0 aliphatic carbocycles. The summed E-state index contributed by atoms with van der Waals surface area (Å²) in [5.74, 6) is 2.19. The van der Waals surface area contributed by atoms with Crippen molar-refractivity contribution in [3.8, 4) is 0 Å². The molecule has 1 aliphatic heterocycles. The normalized spacial score (nSPS) is 18.2. The van der Waals surface area contributed by atoms with Crippen LogP contribution in [0.15, 0.2) is 36.7 Å². The van der Waals surface area contributed by atoms with Crippen molar-refractivity contribution in [2.24, 2.45) is 13.0 Å². The summed E-state index contributed by atoms with van der Waals surface area (Å²) in [7, 11) is 2.02. The van der Waals surface area contributed by atoms with Gasteiger partial charge in [0.2, 0.25) is 0 Å². The van der Waals surface area contributed by atoms with Gasteiger partial charge in [0.25, 0.3) is 5.91 Å². The molecule has 2 aromatic rings. The van der Waals surface area contributed by atoms with Gasteiger partial charge in [0, 0.05) is 44.0 Å². The minimum absolute atomic E-state index is 0.144. The van der Waals surface area contributed by atoms with E-state index in [1.54, 1.807) is 0 Å². The first-order valence-electron chi connectivity index (χ1n) is 8.90. The van der Waals surface area contributed by atoms with E-state index in [0.29, 0.717) is 11.8 Å². The lowest BCUT2D eigenvalue weighted by Gasteiger charge is -2.32. The Morgan fingerprint density at radius 3 is 2.67 bits per heavy atom. The third-order valence-electron chi connectivity index (χ3n) is 4.78. The molecule has 1 aromatic carbocycles. The molecule has 4 nitrogen and oxygen atoms in total. The summed E-state index contributed by atoms with van der Waals surface area (Å²) in [6, 6.07) is 8.13. The van der Waals surface area contributed by atoms with E-state index in [1.807, 2.05) is 36.5 Å². The molecule has 1 fully saturated rings. The highest BCUT2D eigenvalue weighted by Gasteiger charge is 2.27. The number of aromatic nitrogens is 2. The number of nitrogens with zero attached hydrogens (tertiary/aromatic N) is 3. The van der Waals surface area contributed by atoms with E-state index in [4.69, 9.17) is 0 Å². The van der Waals surface area contributed by atoms with E-state index in [9.17, 15) is 4.79 Å². The minimum atomic E-state index is 0.144. The number of benzene rings is 1. The summed E-state index contributed by atoms with van der Waals surface area (Å²) in [6.07, 6.45) is 7.00. The summed E-state index contributed by atoms with van der Waals surface area (Å²) in [5.41, 5.74) is 2.09. The average Bonchev–Trinajstić information content (AvgIpc) is 3.00. The van der Waals surface area contributed by atoms with E-state index >= 15 is 0 Å². The molecule has 24 heavy (non-hydrogen) atoms. The maximum absolute atomic E-state index is 12.8. The van der Waals surface area contributed by atoms with E-state index in [2.05, 4.69) is 35.5 Å². The Balaban J connectivity index is 1.69. The van der Waals surface area contributed by atoms with Gasteiger partial charge in [0.15, 0.2) is 0 Å². The molecular weight excluding hydrogens is 298 g/mol. The van der Waals surface area contributed by atoms with Gasteiger partial charge in [0.1, 0.15) is 5.82 Å². The van der Waals surface area contributed by atoms with Gasteiger partial charge in [-0.1, -0.05) is 26.0 Å². The van der Waals surface area contributed by atoms with Crippen molar-refractivity contribution in [3.63, 3.8) is 0 Å². The number of carbonyl (C=O) groups excluding carboxylic acids is 1. The van der Waals surface area contributed by atoms with Gasteiger partial charge in [0.05, 0.1) is 0 Å². The van der Waals surface area contributed by atoms with Crippen LogP contribution in [-0.2, 0) is 13.5 Å². The number of imidazole rings is 1. The molecule has 0 radical (unpaired) electrons. The Morgan fingerprint density at radius 1 is 1.29 bits per heavy atom. The maximum Gasteiger partial charge on any atom is 0.253 e. The second kappa shape index (κ2) is 7.20. The van der Waals surface area contributed by atoms with E-state index < -0.39 is 0 Å². The molecule has 0 N–H and O–H groups in total. The van der Waals surface area contributed by atoms with Crippen LogP contribution < -0.4 is 0 Å². The first-order chi connectivity index (χ1) is 11.5. The molecule has 1 amide bonds. The predicted octanol–water partition coefficient (Wildman–Crippen LogP) is 3.64. The fraction of sp³-hybridized carbons (Fsp3) is 0.500. The number of carbonyl (C=O) groups is 1. The van der Waals surface area contributed by atoms with Crippen LogP contribution in [-0.4, -0.2) is 33.4 Å². The molecule has 1 saturated heterocycles. The number of hydrogen-bond acceptors (Lipinski definition) is 2. The zero-order valence-electron chi connectivity index (χ0n) is 14.9. The second-order valence-electron chi connectivity index (χ2n) is 7.28. The zero-order chi connectivity index (χ0) is 17.1. The maximum atomic E-state index is 12.8. The van der Waals surface area contributed by atoms with Crippen molar-refractivity contribution in [1.82, 2.24) is 14.5 Å². The van der Waals surface area contributed by atoms with E-state index in [1.165, 1.54) is 5.56 Å². The van der Waals surface area contributed by atoms with Crippen molar-refractivity contribution >= 4 is 5.91 Å². The summed E-state index contributed by atoms with van der Waals surface area (Å²) in [5, 5.41) is 0. The molecule has 4 heteroatoms. The van der Waals surface area contributed by atoms with Crippen molar-refractivity contribution in [3.05, 3.63) is 53.6 Å². The monoisotopic (exact) mass is 325 g/mol. The lowest BCUT2D eigenvalue weighted by Crippen LogP contribution is -2.39. The van der Waals surface area contributed by atoms with Gasteiger partial charge >= 0.3 is 0 Å². The first-order valence-corrected chi connectivity index (χ1v) is 8.90.